The molecule has 0 unspecified atom stereocenters. The van der Waals surface area contributed by atoms with Crippen molar-refractivity contribution >= 4 is 58.1 Å². The third-order valence-electron chi connectivity index (χ3n) is 0.516. The molecule has 0 radical (unpaired) electrons. The van der Waals surface area contributed by atoms with Crippen LogP contribution in [-0.2, 0) is 44.7 Å². The fourth-order valence-electron chi connectivity index (χ4n) is 0.211. The molecule has 0 saturated carbocycles. The molecule has 11 heteroatoms. The van der Waals surface area contributed by atoms with Gasteiger partial charge in [-0.3, -0.25) is 20.2 Å². The van der Waals surface area contributed by atoms with Gasteiger partial charge in [0.05, 0.1) is 0 Å². The topological polar surface area (TPSA) is 86.3 Å². The van der Waals surface area contributed by atoms with Gasteiger partial charge in [0.1, 0.15) is 0 Å². The third kappa shape index (κ3) is 31.5. The van der Waals surface area contributed by atoms with Gasteiger partial charge in [0, 0.05) is 9.85 Å². The van der Waals surface area contributed by atoms with Crippen molar-refractivity contribution < 1.29 is 29.3 Å². The van der Waals surface area contributed by atoms with Crippen LogP contribution in [0, 0.1) is 20.2 Å². The molecule has 0 aliphatic heterocycles. The van der Waals surface area contributed by atoms with E-state index in [0.29, 0.717) is 0 Å². The quantitative estimate of drug-likeness (QED) is 0.238. The summed E-state index contributed by atoms with van der Waals surface area (Å²) in [6.07, 6.45) is 0. The molecule has 6 nitrogen and oxygen atoms in total. The average Bonchev–Trinajstić information content (AvgIpc) is 1.79. The molecule has 0 fully saturated rings. The molecule has 0 spiro atoms. The van der Waals surface area contributed by atoms with Gasteiger partial charge in [-0.2, -0.15) is 0 Å². The van der Waals surface area contributed by atoms with Gasteiger partial charge in [-0.15, -0.1) is 0 Å². The normalized spacial score (nSPS) is 7.47. The molecule has 0 bridgehead atoms. The van der Waals surface area contributed by atoms with Crippen molar-refractivity contribution in [2.45, 2.75) is 0 Å². The number of hydrogen-bond acceptors (Lipinski definition) is 8. The van der Waals surface area contributed by atoms with Crippen LogP contribution < -0.4 is 0 Å². The third-order valence-corrected chi connectivity index (χ3v) is 1.03. The Morgan fingerprint density at radius 1 is 1.00 bits per heavy atom. The number of rotatable bonds is 4. The number of hydrogen-bond donors (Lipinski definition) is 0. The van der Waals surface area contributed by atoms with Crippen molar-refractivity contribution in [1.29, 1.82) is 0 Å². The molecule has 0 aromatic carbocycles. The van der Waals surface area contributed by atoms with Crippen LogP contribution >= 0.6 is 24.4 Å². The molecule has 0 saturated heterocycles. The summed E-state index contributed by atoms with van der Waals surface area (Å²) in [6, 6.07) is 0. The van der Waals surface area contributed by atoms with Crippen molar-refractivity contribution in [3.8, 4) is 0 Å². The van der Waals surface area contributed by atoms with Gasteiger partial charge in [-0.05, 0) is 0 Å². The molecular formula is C4H4N2O4S4Zn. The predicted octanol–water partition coefficient (Wildman–Crippen LogP) is 0.272. The zero-order valence-electron chi connectivity index (χ0n) is 7.28. The number of nitro groups is 2. The maximum atomic E-state index is 9.46. The Kier molecular flexibility index (Phi) is 16.5. The first kappa shape index (κ1) is 20.5. The van der Waals surface area contributed by atoms with E-state index in [1.165, 1.54) is 0 Å². The van der Waals surface area contributed by atoms with Gasteiger partial charge >= 0.3 is 19.5 Å². The predicted molar refractivity (Wildman–Crippen MR) is 63.6 cm³/mol. The van der Waals surface area contributed by atoms with E-state index in [4.69, 9.17) is 0 Å². The van der Waals surface area contributed by atoms with Crippen molar-refractivity contribution in [3.63, 3.8) is 0 Å². The maximum absolute atomic E-state index is 9.46. The van der Waals surface area contributed by atoms with E-state index < -0.39 is 9.85 Å². The second-order valence-corrected chi connectivity index (χ2v) is 4.21. The summed E-state index contributed by atoms with van der Waals surface area (Å²) < 4.78 is 0.00926. The molecule has 0 N–H and O–H groups in total. The van der Waals surface area contributed by atoms with Crippen molar-refractivity contribution in [2.24, 2.45) is 0 Å². The molecule has 0 rings (SSSR count). The summed E-state index contributed by atoms with van der Waals surface area (Å²) in [5.74, 6) is 0. The van der Waals surface area contributed by atoms with Crippen LogP contribution in [-0.4, -0.2) is 31.3 Å². The van der Waals surface area contributed by atoms with E-state index in [0.717, 1.165) is 0 Å². The molecule has 0 heterocycles. The summed E-state index contributed by atoms with van der Waals surface area (Å²) in [5.41, 5.74) is 0. The standard InChI is InChI=1S/2C2H3NO2S2.Zn/c2*4-3(5)1-2(6)7;/h2*1H2,(H,6,7);/q;;+2/p-2. The van der Waals surface area contributed by atoms with Crippen LogP contribution in [0.1, 0.15) is 0 Å². The van der Waals surface area contributed by atoms with Gasteiger partial charge in [-0.1, -0.05) is 8.39 Å². The first-order chi connectivity index (χ1) is 6.25. The van der Waals surface area contributed by atoms with E-state index in [2.05, 4.69) is 49.7 Å². The fraction of sp³-hybridized carbons (Fsp3) is 0.500. The summed E-state index contributed by atoms with van der Waals surface area (Å²) >= 11 is 17.0. The second kappa shape index (κ2) is 12.1. The summed E-state index contributed by atoms with van der Waals surface area (Å²) in [6.45, 7) is -0.741. The van der Waals surface area contributed by atoms with Crippen LogP contribution in [0.3, 0.4) is 0 Å². The average molecular weight is 338 g/mol. The molecule has 15 heavy (non-hydrogen) atoms. The van der Waals surface area contributed by atoms with Crippen molar-refractivity contribution in [3.05, 3.63) is 20.2 Å². The zero-order chi connectivity index (χ0) is 11.7. The largest absolute Gasteiger partial charge is 2.00 e. The fourth-order valence-corrected chi connectivity index (χ4v) is 0.632. The summed E-state index contributed by atoms with van der Waals surface area (Å²) in [5, 5.41) is 18.9. The molecule has 0 aromatic rings. The SMILES string of the molecule is O=[N+]([O-])CC(=S)[S-].O=[N+]([O-])CC(=S)[S-].[Zn+2]. The van der Waals surface area contributed by atoms with E-state index in [-0.39, 0.29) is 41.0 Å². The number of thiocarbonyl (C=S) groups is 2. The molecule has 0 amide bonds. The number of nitrogens with zero attached hydrogens (tertiary/aromatic N) is 2. The molecule has 0 aliphatic rings. The van der Waals surface area contributed by atoms with Crippen LogP contribution in [0.25, 0.3) is 0 Å². The molecule has 0 atom stereocenters. The molecular weight excluding hydrogens is 334 g/mol. The first-order valence-corrected chi connectivity index (χ1v) is 4.52. The van der Waals surface area contributed by atoms with Gasteiger partial charge in [0.25, 0.3) is 0 Å². The van der Waals surface area contributed by atoms with Crippen molar-refractivity contribution in [2.75, 3.05) is 13.1 Å². The van der Waals surface area contributed by atoms with Gasteiger partial charge < -0.3 is 49.7 Å². The summed E-state index contributed by atoms with van der Waals surface area (Å²) in [4.78, 5) is 17.8. The minimum absolute atomic E-state index is 0. The van der Waals surface area contributed by atoms with Crippen molar-refractivity contribution in [1.82, 2.24) is 0 Å². The Balaban J connectivity index is -0.000000180. The molecule has 0 aliphatic carbocycles. The Hall–Kier alpha value is 0.0434. The first-order valence-electron chi connectivity index (χ1n) is 2.89. The van der Waals surface area contributed by atoms with Crippen LogP contribution in [0.2, 0.25) is 0 Å². The smallest absolute Gasteiger partial charge is 0.427 e. The zero-order valence-corrected chi connectivity index (χ0v) is 13.5. The van der Waals surface area contributed by atoms with Crippen LogP contribution in [0.4, 0.5) is 0 Å². The molecule has 0 aromatic heterocycles. The monoisotopic (exact) mass is 336 g/mol. The van der Waals surface area contributed by atoms with E-state index in [1.54, 1.807) is 0 Å². The minimum atomic E-state index is -0.546. The van der Waals surface area contributed by atoms with Gasteiger partial charge in [0.15, 0.2) is 0 Å². The van der Waals surface area contributed by atoms with Gasteiger partial charge in [0.2, 0.25) is 13.1 Å². The Morgan fingerprint density at radius 2 is 1.20 bits per heavy atom. The van der Waals surface area contributed by atoms with Gasteiger partial charge in [-0.25, -0.2) is 0 Å². The van der Waals surface area contributed by atoms with E-state index in [9.17, 15) is 20.2 Å². The second-order valence-electron chi connectivity index (χ2n) is 1.73. The Bertz CT molecular complexity index is 211. The van der Waals surface area contributed by atoms with E-state index >= 15 is 0 Å². The maximum Gasteiger partial charge on any atom is 2.00 e. The summed E-state index contributed by atoms with van der Waals surface area (Å²) in [7, 11) is 0. The Labute approximate surface area is 120 Å². The van der Waals surface area contributed by atoms with Crippen LogP contribution in [0.15, 0.2) is 0 Å². The minimum Gasteiger partial charge on any atom is -0.427 e. The van der Waals surface area contributed by atoms with Crippen LogP contribution in [0.5, 0.6) is 0 Å². The van der Waals surface area contributed by atoms with E-state index in [1.807, 2.05) is 0 Å². The Morgan fingerprint density at radius 3 is 1.20 bits per heavy atom. The molecule has 80 valence electrons.